The van der Waals surface area contributed by atoms with Crippen molar-refractivity contribution in [2.45, 2.75) is 166 Å². The van der Waals surface area contributed by atoms with Gasteiger partial charge >= 0.3 is 5.97 Å². The van der Waals surface area contributed by atoms with Gasteiger partial charge in [0.15, 0.2) is 5.96 Å². The molecule has 0 aliphatic rings. The zero-order valence-electron chi connectivity index (χ0n) is 46.5. The van der Waals surface area contributed by atoms with Gasteiger partial charge in [0.25, 0.3) is 0 Å². The van der Waals surface area contributed by atoms with E-state index in [9.17, 15) is 67.7 Å². The Bertz CT molecular complexity index is 2090. The molecule has 0 radical (unpaired) electrons. The number of primary amides is 2. The third-order valence-corrected chi connectivity index (χ3v) is 13.0. The molecule has 31 nitrogen and oxygen atoms in total. The van der Waals surface area contributed by atoms with Crippen LogP contribution in [-0.2, 0) is 57.5 Å². The fourth-order valence-corrected chi connectivity index (χ4v) is 7.94. The first kappa shape index (κ1) is 73.1. The third-order valence-electron chi connectivity index (χ3n) is 12.3. The van der Waals surface area contributed by atoms with Crippen LogP contribution in [-0.4, -0.2) is 186 Å². The average molecular weight is 1160 g/mol. The smallest absolute Gasteiger partial charge is 0.326 e. The van der Waals surface area contributed by atoms with E-state index in [0.717, 1.165) is 0 Å². The number of nitrogens with two attached hydrogens (primary N) is 7. The second kappa shape index (κ2) is 40.3. The molecule has 0 rings (SSSR count). The number of thioether (sulfide) groups is 1. The normalized spacial score (nSPS) is 14.8. The van der Waals surface area contributed by atoms with E-state index in [0.29, 0.717) is 38.0 Å². The SMILES string of the molecule is CC[C@H](C)[C@H](NC(=O)[C@H](CO)NC(=O)CNC(=O)[C@H](CCCN=C(N)N)NC(=O)[C@@H](NC(=O)[C@H](CCCCN)NC(=O)[C@H](CC(N)=O)NC(=O)[C@H](CCC(N)=O)NC(=O)[C@@H](N)CCSC)C(C)C)C(=O)N[C@@H](CCCCN)C(=O)O. The van der Waals surface area contributed by atoms with Crippen LogP contribution < -0.4 is 88.0 Å². The lowest BCUT2D eigenvalue weighted by Crippen LogP contribution is -2.61. The van der Waals surface area contributed by atoms with E-state index < -0.39 is 157 Å². The van der Waals surface area contributed by atoms with E-state index in [-0.39, 0.29) is 70.4 Å². The Kier molecular flexibility index (Phi) is 36.8. The lowest BCUT2D eigenvalue weighted by molar-refractivity contribution is -0.143. The van der Waals surface area contributed by atoms with Crippen LogP contribution in [0.2, 0.25) is 0 Å². The topological polar surface area (TPSA) is 548 Å². The molecule has 0 saturated carbocycles. The van der Waals surface area contributed by atoms with Gasteiger partial charge in [0.1, 0.15) is 48.3 Å². The number of carbonyl (C=O) groups is 12. The number of aliphatic hydroxyl groups is 1. The Balaban J connectivity index is 6.48. The number of rotatable bonds is 43. The number of nitrogens with zero attached hydrogens (tertiary/aromatic N) is 1. The number of carbonyl (C=O) groups excluding carboxylic acids is 11. The number of carboxylic acids is 1. The third kappa shape index (κ3) is 29.9. The number of aliphatic hydroxyl groups excluding tert-OH is 1. The standard InChI is InChI=1S/C48H89N17O14S/c1-6-26(4)38(46(77)62-31(47(78)79)13-8-10-19-50)65-44(75)33(24-66)58-36(69)23-57-40(71)28(14-11-20-56-48(54)55)61-45(76)37(25(2)3)64-42(73)29(12-7-9-18-49)60-43(74)32(22-35(53)68)63-41(72)30(15-16-34(52)67)59-39(70)27(51)17-21-80-5/h25-33,37-38,66H,6-24,49-51H2,1-5H3,(H2,52,67)(H2,53,68)(H,57,71)(H,58,69)(H,59,70)(H,60,74)(H,61,76)(H,62,77)(H,63,72)(H,64,73)(H,65,75)(H,78,79)(H4,54,55,56)/t26-,27-,28-,29-,30-,31-,32-,33-,37-,38-/m0/s1. The number of carboxylic acid groups (broad SMARTS) is 1. The fourth-order valence-electron chi connectivity index (χ4n) is 7.45. The van der Waals surface area contributed by atoms with Gasteiger partial charge in [-0.3, -0.25) is 57.7 Å². The summed E-state index contributed by atoms with van der Waals surface area (Å²) in [5.41, 5.74) is 38.8. The van der Waals surface area contributed by atoms with Gasteiger partial charge in [0, 0.05) is 13.0 Å². The molecule has 0 aliphatic heterocycles. The van der Waals surface area contributed by atoms with Crippen LogP contribution in [0.5, 0.6) is 0 Å². The Labute approximate surface area is 470 Å². The quantitative estimate of drug-likeness (QED) is 0.0153. The number of amides is 11. The molecule has 80 heavy (non-hydrogen) atoms. The summed E-state index contributed by atoms with van der Waals surface area (Å²) < 4.78 is 0. The molecule has 32 heteroatoms. The molecule has 0 aromatic carbocycles. The maximum Gasteiger partial charge on any atom is 0.326 e. The molecule has 0 aliphatic carbocycles. The van der Waals surface area contributed by atoms with Gasteiger partial charge in [-0.25, -0.2) is 4.79 Å². The van der Waals surface area contributed by atoms with E-state index in [1.807, 2.05) is 0 Å². The lowest BCUT2D eigenvalue weighted by atomic mass is 9.97. The summed E-state index contributed by atoms with van der Waals surface area (Å²) in [6.45, 7) is 5.23. The largest absolute Gasteiger partial charge is 0.480 e. The molecule has 25 N–H and O–H groups in total. The first-order valence-corrected chi connectivity index (χ1v) is 27.9. The van der Waals surface area contributed by atoms with Crippen LogP contribution in [0.15, 0.2) is 4.99 Å². The van der Waals surface area contributed by atoms with E-state index in [2.05, 4.69) is 52.8 Å². The second-order valence-corrected chi connectivity index (χ2v) is 20.3. The predicted octanol–water partition coefficient (Wildman–Crippen LogP) is -6.71. The zero-order valence-corrected chi connectivity index (χ0v) is 47.3. The van der Waals surface area contributed by atoms with Crippen molar-refractivity contribution in [2.75, 3.05) is 44.8 Å². The van der Waals surface area contributed by atoms with Crippen molar-refractivity contribution >= 4 is 88.7 Å². The van der Waals surface area contributed by atoms with Crippen LogP contribution in [0.3, 0.4) is 0 Å². The molecule has 10 atom stereocenters. The predicted molar refractivity (Wildman–Crippen MR) is 296 cm³/mol. The molecule has 0 spiro atoms. The average Bonchev–Trinajstić information content (AvgIpc) is 3.39. The van der Waals surface area contributed by atoms with Gasteiger partial charge < -0.3 is 98.2 Å². The molecule has 456 valence electrons. The molecule has 0 aromatic heterocycles. The highest BCUT2D eigenvalue weighted by Crippen LogP contribution is 2.12. The Hall–Kier alpha value is -6.90. The van der Waals surface area contributed by atoms with Gasteiger partial charge in [-0.2, -0.15) is 11.8 Å². The minimum absolute atomic E-state index is 0.00239. The van der Waals surface area contributed by atoms with E-state index in [1.54, 1.807) is 34.0 Å². The summed E-state index contributed by atoms with van der Waals surface area (Å²) in [6, 6.07) is -12.7. The molecule has 0 bridgehead atoms. The van der Waals surface area contributed by atoms with Crippen molar-refractivity contribution in [3.8, 4) is 0 Å². The minimum atomic E-state index is -1.73. The first-order valence-electron chi connectivity index (χ1n) is 26.5. The number of nitrogens with one attached hydrogen (secondary N) is 9. The van der Waals surface area contributed by atoms with Crippen molar-refractivity contribution in [1.82, 2.24) is 47.9 Å². The molecule has 0 unspecified atom stereocenters. The molecule has 0 heterocycles. The molecule has 0 fully saturated rings. The molecule has 0 aromatic rings. The van der Waals surface area contributed by atoms with Crippen LogP contribution in [0.4, 0.5) is 0 Å². The van der Waals surface area contributed by atoms with Gasteiger partial charge in [-0.15, -0.1) is 0 Å². The first-order chi connectivity index (χ1) is 37.7. The number of aliphatic carboxylic acids is 1. The highest BCUT2D eigenvalue weighted by atomic mass is 32.2. The Morgan fingerprint density at radius 3 is 1.54 bits per heavy atom. The van der Waals surface area contributed by atoms with E-state index in [4.69, 9.17) is 40.1 Å². The number of guanidine groups is 1. The monoisotopic (exact) mass is 1160 g/mol. The number of unbranched alkanes of at least 4 members (excludes halogenated alkanes) is 2. The number of aliphatic imine (C=N–C) groups is 1. The summed E-state index contributed by atoms with van der Waals surface area (Å²) in [6.07, 6.45) is 2.48. The van der Waals surface area contributed by atoms with Crippen LogP contribution >= 0.6 is 11.8 Å². The van der Waals surface area contributed by atoms with Gasteiger partial charge in [-0.1, -0.05) is 34.1 Å². The van der Waals surface area contributed by atoms with Crippen LogP contribution in [0.1, 0.15) is 111 Å². The van der Waals surface area contributed by atoms with E-state index >= 15 is 0 Å². The highest BCUT2D eigenvalue weighted by molar-refractivity contribution is 7.98. The Morgan fingerprint density at radius 1 is 0.537 bits per heavy atom. The summed E-state index contributed by atoms with van der Waals surface area (Å²) in [5, 5.41) is 41.7. The van der Waals surface area contributed by atoms with Crippen molar-refractivity contribution in [1.29, 1.82) is 0 Å². The van der Waals surface area contributed by atoms with Crippen LogP contribution in [0, 0.1) is 11.8 Å². The maximum atomic E-state index is 14.1. The summed E-state index contributed by atoms with van der Waals surface area (Å²) >= 11 is 1.43. The molecule has 0 saturated heterocycles. The van der Waals surface area contributed by atoms with Crippen molar-refractivity contribution in [3.63, 3.8) is 0 Å². The number of hydrogen-bond donors (Lipinski definition) is 18. The van der Waals surface area contributed by atoms with Gasteiger partial charge in [-0.05, 0) is 101 Å². The molecular weight excluding hydrogens is 1070 g/mol. The van der Waals surface area contributed by atoms with Crippen molar-refractivity contribution in [2.24, 2.45) is 57.0 Å². The number of hydrogen-bond acceptors (Lipinski definition) is 18. The Morgan fingerprint density at radius 2 is 1.01 bits per heavy atom. The van der Waals surface area contributed by atoms with Crippen molar-refractivity contribution in [3.05, 3.63) is 0 Å². The maximum absolute atomic E-state index is 14.1. The summed E-state index contributed by atoms with van der Waals surface area (Å²) in [5.74, 6) is -12.5. The van der Waals surface area contributed by atoms with Crippen LogP contribution in [0.25, 0.3) is 0 Å². The van der Waals surface area contributed by atoms with Gasteiger partial charge in [0.2, 0.25) is 65.0 Å². The lowest BCUT2D eigenvalue weighted by Gasteiger charge is -2.28. The zero-order chi connectivity index (χ0) is 61.1. The van der Waals surface area contributed by atoms with Gasteiger partial charge in [0.05, 0.1) is 25.6 Å². The molecular formula is C48H89N17O14S. The summed E-state index contributed by atoms with van der Waals surface area (Å²) in [4.78, 5) is 162. The molecule has 11 amide bonds. The highest BCUT2D eigenvalue weighted by Gasteiger charge is 2.36. The summed E-state index contributed by atoms with van der Waals surface area (Å²) in [7, 11) is 0. The minimum Gasteiger partial charge on any atom is -0.480 e. The fraction of sp³-hybridized carbons (Fsp3) is 0.729. The van der Waals surface area contributed by atoms with Crippen molar-refractivity contribution < 1.29 is 67.7 Å². The van der Waals surface area contributed by atoms with E-state index in [1.165, 1.54) is 11.8 Å². The second-order valence-electron chi connectivity index (χ2n) is 19.3.